The first-order valence-corrected chi connectivity index (χ1v) is 10.1. The Kier molecular flexibility index (Phi) is 4.21. The smallest absolute Gasteiger partial charge is 0.235 e. The lowest BCUT2D eigenvalue weighted by atomic mass is 10.1. The first-order valence-electron chi connectivity index (χ1n) is 6.69. The van der Waals surface area contributed by atoms with Gasteiger partial charge >= 0.3 is 0 Å². The summed E-state index contributed by atoms with van der Waals surface area (Å²) in [6.45, 7) is 3.58. The molecule has 0 aliphatic carbocycles. The number of aryl methyl sites for hydroxylation is 2. The first-order chi connectivity index (χ1) is 9.61. The highest BCUT2D eigenvalue weighted by molar-refractivity contribution is 7.94. The van der Waals surface area contributed by atoms with Crippen LogP contribution in [0.2, 0.25) is 0 Å². The van der Waals surface area contributed by atoms with Crippen molar-refractivity contribution < 1.29 is 16.8 Å². The van der Waals surface area contributed by atoms with E-state index in [1.54, 1.807) is 26.0 Å². The van der Waals surface area contributed by atoms with Gasteiger partial charge in [-0.25, -0.2) is 16.8 Å². The van der Waals surface area contributed by atoms with Crippen molar-refractivity contribution in [3.05, 3.63) is 23.3 Å². The fourth-order valence-electron chi connectivity index (χ4n) is 2.36. The van der Waals surface area contributed by atoms with Gasteiger partial charge in [-0.15, -0.1) is 0 Å². The molecule has 1 saturated heterocycles. The summed E-state index contributed by atoms with van der Waals surface area (Å²) in [5, 5.41) is -0.668. The molecule has 1 aliphatic heterocycles. The maximum atomic E-state index is 12.4. The molecule has 0 spiro atoms. The Morgan fingerprint density at radius 3 is 2.29 bits per heavy atom. The summed E-state index contributed by atoms with van der Waals surface area (Å²) >= 11 is 0. The Labute approximate surface area is 125 Å². The van der Waals surface area contributed by atoms with Crippen molar-refractivity contribution in [3.63, 3.8) is 0 Å². The molecule has 1 heterocycles. The average Bonchev–Trinajstić information content (AvgIpc) is 2.35. The molecule has 0 saturated carbocycles. The van der Waals surface area contributed by atoms with Gasteiger partial charge in [0.1, 0.15) is 9.84 Å². The van der Waals surface area contributed by atoms with Crippen molar-refractivity contribution >= 4 is 31.2 Å². The lowest BCUT2D eigenvalue weighted by molar-refractivity contribution is 0.555. The normalized spacial score (nSPS) is 19.3. The predicted molar refractivity (Wildman–Crippen MR) is 84.5 cm³/mol. The fraction of sp³-hybridized carbons (Fsp3) is 0.538. The van der Waals surface area contributed by atoms with Crippen molar-refractivity contribution in [3.8, 4) is 0 Å². The molecular formula is C13H20N2O4S2. The summed E-state index contributed by atoms with van der Waals surface area (Å²) in [5.74, 6) is -0.142. The van der Waals surface area contributed by atoms with Crippen molar-refractivity contribution in [1.29, 1.82) is 0 Å². The van der Waals surface area contributed by atoms with Gasteiger partial charge < -0.3 is 5.73 Å². The number of rotatable bonds is 3. The van der Waals surface area contributed by atoms with Gasteiger partial charge in [0, 0.05) is 5.69 Å². The third-order valence-electron chi connectivity index (χ3n) is 3.81. The number of sulfonamides is 1. The third kappa shape index (κ3) is 3.68. The SMILES string of the molecule is Cc1cc(NS(=O)(=O)C2CCS(=O)(=O)CC2)c(C)cc1N. The Hall–Kier alpha value is -1.28. The summed E-state index contributed by atoms with van der Waals surface area (Å²) < 4.78 is 50.1. The van der Waals surface area contributed by atoms with Crippen LogP contribution in [0.25, 0.3) is 0 Å². The van der Waals surface area contributed by atoms with Crippen molar-refractivity contribution in [1.82, 2.24) is 0 Å². The maximum absolute atomic E-state index is 12.4. The number of nitrogen functional groups attached to an aromatic ring is 1. The molecule has 0 amide bonds. The van der Waals surface area contributed by atoms with Crippen molar-refractivity contribution in [2.75, 3.05) is 22.0 Å². The highest BCUT2D eigenvalue weighted by atomic mass is 32.2. The van der Waals surface area contributed by atoms with Crippen LogP contribution in [0.15, 0.2) is 12.1 Å². The highest BCUT2D eigenvalue weighted by Crippen LogP contribution is 2.26. The standard InChI is InChI=1S/C13H20N2O4S2/c1-9-8-13(10(2)7-12(9)14)15-21(18,19)11-3-5-20(16,17)6-4-11/h7-8,11,15H,3-6,14H2,1-2H3. The first kappa shape index (κ1) is 16.1. The van der Waals surface area contributed by atoms with E-state index in [0.717, 1.165) is 11.1 Å². The minimum atomic E-state index is -3.59. The van der Waals surface area contributed by atoms with Gasteiger partial charge in [0.15, 0.2) is 0 Å². The Morgan fingerprint density at radius 2 is 1.71 bits per heavy atom. The van der Waals surface area contributed by atoms with Crippen LogP contribution in [0.4, 0.5) is 11.4 Å². The van der Waals surface area contributed by atoms with Crippen molar-refractivity contribution in [2.45, 2.75) is 31.9 Å². The maximum Gasteiger partial charge on any atom is 0.235 e. The molecule has 1 fully saturated rings. The lowest BCUT2D eigenvalue weighted by Gasteiger charge is -2.23. The molecular weight excluding hydrogens is 312 g/mol. The topological polar surface area (TPSA) is 106 Å². The number of sulfone groups is 1. The Balaban J connectivity index is 2.21. The average molecular weight is 332 g/mol. The van der Waals surface area contributed by atoms with Crippen LogP contribution >= 0.6 is 0 Å². The number of nitrogens with one attached hydrogen (secondary N) is 1. The summed E-state index contributed by atoms with van der Waals surface area (Å²) in [4.78, 5) is 0. The summed E-state index contributed by atoms with van der Waals surface area (Å²) in [5.41, 5.74) is 8.42. The van der Waals surface area contributed by atoms with Crippen LogP contribution in [-0.2, 0) is 19.9 Å². The highest BCUT2D eigenvalue weighted by Gasteiger charge is 2.33. The zero-order valence-corrected chi connectivity index (χ0v) is 13.7. The quantitative estimate of drug-likeness (QED) is 0.809. The van der Waals surface area contributed by atoms with Gasteiger partial charge in [0.25, 0.3) is 0 Å². The number of benzene rings is 1. The molecule has 3 N–H and O–H groups in total. The van der Waals surface area contributed by atoms with Gasteiger partial charge in [-0.05, 0) is 49.9 Å². The van der Waals surface area contributed by atoms with Crippen LogP contribution in [0, 0.1) is 13.8 Å². The molecule has 1 aromatic carbocycles. The number of nitrogens with two attached hydrogens (primary N) is 1. The molecule has 118 valence electrons. The molecule has 21 heavy (non-hydrogen) atoms. The Bertz CT molecular complexity index is 741. The van der Waals surface area contributed by atoms with E-state index in [9.17, 15) is 16.8 Å². The third-order valence-corrected chi connectivity index (χ3v) is 7.37. The van der Waals surface area contributed by atoms with Gasteiger partial charge in [0.05, 0.1) is 22.4 Å². The van der Waals surface area contributed by atoms with Gasteiger partial charge in [-0.1, -0.05) is 0 Å². The van der Waals surface area contributed by atoms with Gasteiger partial charge in [0.2, 0.25) is 10.0 Å². The van der Waals surface area contributed by atoms with E-state index in [2.05, 4.69) is 4.72 Å². The molecule has 1 aromatic rings. The molecule has 0 radical (unpaired) electrons. The molecule has 8 heteroatoms. The number of hydrogen-bond donors (Lipinski definition) is 2. The van der Waals surface area contributed by atoms with Crippen LogP contribution in [0.1, 0.15) is 24.0 Å². The van der Waals surface area contributed by atoms with Crippen LogP contribution < -0.4 is 10.5 Å². The molecule has 0 aromatic heterocycles. The number of hydrogen-bond acceptors (Lipinski definition) is 5. The predicted octanol–water partition coefficient (Wildman–Crippen LogP) is 1.20. The fourth-order valence-corrected chi connectivity index (χ4v) is 5.70. The van der Waals surface area contributed by atoms with Gasteiger partial charge in [-0.3, -0.25) is 4.72 Å². The van der Waals surface area contributed by atoms with E-state index in [-0.39, 0.29) is 24.3 Å². The Morgan fingerprint density at radius 1 is 1.14 bits per heavy atom. The van der Waals surface area contributed by atoms with Crippen LogP contribution in [-0.4, -0.2) is 33.6 Å². The van der Waals surface area contributed by atoms with E-state index in [0.29, 0.717) is 11.4 Å². The second-order valence-corrected chi connectivity index (χ2v) is 9.79. The van der Waals surface area contributed by atoms with E-state index in [4.69, 9.17) is 5.73 Å². The van der Waals surface area contributed by atoms with Crippen molar-refractivity contribution in [2.24, 2.45) is 0 Å². The molecule has 0 unspecified atom stereocenters. The summed E-state index contributed by atoms with van der Waals surface area (Å²) in [6, 6.07) is 3.42. The molecule has 0 atom stereocenters. The molecule has 1 aliphatic rings. The lowest BCUT2D eigenvalue weighted by Crippen LogP contribution is -2.36. The molecule has 0 bridgehead atoms. The van der Waals surface area contributed by atoms with E-state index >= 15 is 0 Å². The molecule has 2 rings (SSSR count). The van der Waals surface area contributed by atoms with E-state index < -0.39 is 25.1 Å². The molecule has 6 nitrogen and oxygen atoms in total. The largest absolute Gasteiger partial charge is 0.399 e. The summed E-state index contributed by atoms with van der Waals surface area (Å²) in [6.07, 6.45) is 0.287. The van der Waals surface area contributed by atoms with Crippen LogP contribution in [0.5, 0.6) is 0 Å². The summed E-state index contributed by atoms with van der Waals surface area (Å²) in [7, 11) is -6.67. The monoisotopic (exact) mass is 332 g/mol. The van der Waals surface area contributed by atoms with Crippen LogP contribution in [0.3, 0.4) is 0 Å². The van der Waals surface area contributed by atoms with Gasteiger partial charge in [-0.2, -0.15) is 0 Å². The minimum Gasteiger partial charge on any atom is -0.399 e. The second kappa shape index (κ2) is 5.49. The van der Waals surface area contributed by atoms with E-state index in [1.807, 2.05) is 0 Å². The minimum absolute atomic E-state index is 0.0711. The number of anilines is 2. The zero-order valence-electron chi connectivity index (χ0n) is 12.1. The van der Waals surface area contributed by atoms with E-state index in [1.165, 1.54) is 0 Å². The zero-order chi connectivity index (χ0) is 15.8. The second-order valence-electron chi connectivity index (χ2n) is 5.52.